The van der Waals surface area contributed by atoms with Gasteiger partial charge in [-0.2, -0.15) is 0 Å². The van der Waals surface area contributed by atoms with Gasteiger partial charge >= 0.3 is 0 Å². The summed E-state index contributed by atoms with van der Waals surface area (Å²) < 4.78 is 5.77. The molecule has 0 saturated carbocycles. The van der Waals surface area contributed by atoms with Crippen LogP contribution >= 0.6 is 0 Å². The Morgan fingerprint density at radius 1 is 1.43 bits per heavy atom. The molecular weight excluding hydrogens is 174 g/mol. The first-order valence-corrected chi connectivity index (χ1v) is 5.97. The molecule has 0 aromatic rings. The molecule has 1 fully saturated rings. The Kier molecular flexibility index (Phi) is 4.39. The molecule has 2 heteroatoms. The number of rotatable bonds is 5. The average molecular weight is 199 g/mol. The molecule has 0 aliphatic carbocycles. The van der Waals surface area contributed by atoms with E-state index in [1.165, 1.54) is 19.3 Å². The van der Waals surface area contributed by atoms with Crippen molar-refractivity contribution in [3.05, 3.63) is 0 Å². The molecule has 1 rings (SSSR count). The fourth-order valence-electron chi connectivity index (χ4n) is 3.14. The van der Waals surface area contributed by atoms with Gasteiger partial charge in [-0.05, 0) is 26.3 Å². The van der Waals surface area contributed by atoms with E-state index >= 15 is 0 Å². The first-order valence-electron chi connectivity index (χ1n) is 5.97. The zero-order chi connectivity index (χ0) is 10.6. The van der Waals surface area contributed by atoms with E-state index in [0.717, 1.165) is 19.1 Å². The molecular formula is C12H25NO. The predicted molar refractivity (Wildman–Crippen MR) is 60.5 cm³/mol. The van der Waals surface area contributed by atoms with E-state index in [1.54, 1.807) is 0 Å². The van der Waals surface area contributed by atoms with Crippen molar-refractivity contribution < 1.29 is 4.74 Å². The van der Waals surface area contributed by atoms with E-state index in [2.05, 4.69) is 33.1 Å². The van der Waals surface area contributed by atoms with E-state index in [1.807, 2.05) is 0 Å². The van der Waals surface area contributed by atoms with Crippen molar-refractivity contribution in [2.24, 2.45) is 11.3 Å². The average Bonchev–Trinajstić information content (AvgIpc) is 2.52. The van der Waals surface area contributed by atoms with Gasteiger partial charge in [0.2, 0.25) is 0 Å². The molecule has 1 aliphatic rings. The highest BCUT2D eigenvalue weighted by Crippen LogP contribution is 2.44. The lowest BCUT2D eigenvalue weighted by atomic mass is 9.68. The highest BCUT2D eigenvalue weighted by Gasteiger charge is 2.45. The molecule has 0 bridgehead atoms. The zero-order valence-electron chi connectivity index (χ0n) is 10.1. The van der Waals surface area contributed by atoms with E-state index in [4.69, 9.17) is 4.74 Å². The lowest BCUT2D eigenvalue weighted by molar-refractivity contribution is 0.0257. The summed E-state index contributed by atoms with van der Waals surface area (Å²) in [5.41, 5.74) is 0.387. The summed E-state index contributed by atoms with van der Waals surface area (Å²) in [6.45, 7) is 8.88. The van der Waals surface area contributed by atoms with Gasteiger partial charge < -0.3 is 10.1 Å². The first kappa shape index (κ1) is 12.0. The Bertz CT molecular complexity index is 168. The molecule has 0 radical (unpaired) electrons. The Balaban J connectivity index is 2.78. The van der Waals surface area contributed by atoms with Crippen LogP contribution < -0.4 is 5.32 Å². The molecule has 1 aliphatic heterocycles. The van der Waals surface area contributed by atoms with Crippen LogP contribution in [-0.4, -0.2) is 26.3 Å². The standard InChI is InChI=1S/C12H25NO/c1-5-11(6-2)12(9-13-4)7-8-14-10(12)3/h10-11,13H,5-9H2,1-4H3. The van der Waals surface area contributed by atoms with Crippen LogP contribution in [0.2, 0.25) is 0 Å². The van der Waals surface area contributed by atoms with Gasteiger partial charge in [-0.1, -0.05) is 26.7 Å². The van der Waals surface area contributed by atoms with Gasteiger partial charge in [-0.15, -0.1) is 0 Å². The number of ether oxygens (including phenoxy) is 1. The molecule has 2 unspecified atom stereocenters. The van der Waals surface area contributed by atoms with Crippen molar-refractivity contribution in [2.75, 3.05) is 20.2 Å². The fraction of sp³-hybridized carbons (Fsp3) is 1.00. The van der Waals surface area contributed by atoms with Crippen LogP contribution in [-0.2, 0) is 4.74 Å². The fourth-order valence-corrected chi connectivity index (χ4v) is 3.14. The van der Waals surface area contributed by atoms with Gasteiger partial charge in [-0.3, -0.25) is 0 Å². The van der Waals surface area contributed by atoms with E-state index in [-0.39, 0.29) is 0 Å². The van der Waals surface area contributed by atoms with Crippen molar-refractivity contribution in [3.8, 4) is 0 Å². The maximum Gasteiger partial charge on any atom is 0.0618 e. The lowest BCUT2D eigenvalue weighted by Gasteiger charge is -2.39. The van der Waals surface area contributed by atoms with Gasteiger partial charge in [0, 0.05) is 18.6 Å². The predicted octanol–water partition coefficient (Wildman–Crippen LogP) is 2.44. The molecule has 0 amide bonds. The van der Waals surface area contributed by atoms with Gasteiger partial charge in [0.1, 0.15) is 0 Å². The van der Waals surface area contributed by atoms with Crippen LogP contribution in [0, 0.1) is 11.3 Å². The molecule has 14 heavy (non-hydrogen) atoms. The summed E-state index contributed by atoms with van der Waals surface area (Å²) in [4.78, 5) is 0. The van der Waals surface area contributed by atoms with Crippen molar-refractivity contribution in [1.29, 1.82) is 0 Å². The quantitative estimate of drug-likeness (QED) is 0.734. The minimum atomic E-state index is 0.387. The highest BCUT2D eigenvalue weighted by molar-refractivity contribution is 4.95. The van der Waals surface area contributed by atoms with E-state index in [9.17, 15) is 0 Å². The molecule has 2 nitrogen and oxygen atoms in total. The third-order valence-electron chi connectivity index (χ3n) is 4.05. The second-order valence-corrected chi connectivity index (χ2v) is 4.54. The Morgan fingerprint density at radius 3 is 2.43 bits per heavy atom. The maximum atomic E-state index is 5.77. The summed E-state index contributed by atoms with van der Waals surface area (Å²) in [5.74, 6) is 0.799. The number of hydrogen-bond donors (Lipinski definition) is 1. The Morgan fingerprint density at radius 2 is 2.07 bits per heavy atom. The topological polar surface area (TPSA) is 21.3 Å². The molecule has 2 atom stereocenters. The van der Waals surface area contributed by atoms with Crippen LogP contribution in [0.4, 0.5) is 0 Å². The smallest absolute Gasteiger partial charge is 0.0618 e. The molecule has 1 saturated heterocycles. The van der Waals surface area contributed by atoms with Crippen LogP contribution in [0.3, 0.4) is 0 Å². The molecule has 1 heterocycles. The number of nitrogens with one attached hydrogen (secondary N) is 1. The van der Waals surface area contributed by atoms with E-state index in [0.29, 0.717) is 11.5 Å². The van der Waals surface area contributed by atoms with Crippen molar-refractivity contribution >= 4 is 0 Å². The van der Waals surface area contributed by atoms with Crippen LogP contribution in [0.1, 0.15) is 40.0 Å². The normalized spacial score (nSPS) is 32.8. The van der Waals surface area contributed by atoms with E-state index < -0.39 is 0 Å². The third kappa shape index (κ3) is 1.96. The molecule has 1 N–H and O–H groups in total. The summed E-state index contributed by atoms with van der Waals surface area (Å²) in [6, 6.07) is 0. The monoisotopic (exact) mass is 199 g/mol. The second-order valence-electron chi connectivity index (χ2n) is 4.54. The van der Waals surface area contributed by atoms with Gasteiger partial charge in [0.25, 0.3) is 0 Å². The summed E-state index contributed by atoms with van der Waals surface area (Å²) in [5, 5.41) is 3.35. The number of hydrogen-bond acceptors (Lipinski definition) is 2. The minimum Gasteiger partial charge on any atom is -0.378 e. The lowest BCUT2D eigenvalue weighted by Crippen LogP contribution is -2.44. The van der Waals surface area contributed by atoms with Gasteiger partial charge in [0.05, 0.1) is 6.10 Å². The largest absolute Gasteiger partial charge is 0.378 e. The molecule has 0 aromatic carbocycles. The van der Waals surface area contributed by atoms with Crippen molar-refractivity contribution in [2.45, 2.75) is 46.1 Å². The van der Waals surface area contributed by atoms with Crippen LogP contribution in [0.25, 0.3) is 0 Å². The van der Waals surface area contributed by atoms with Crippen LogP contribution in [0.15, 0.2) is 0 Å². The highest BCUT2D eigenvalue weighted by atomic mass is 16.5. The zero-order valence-corrected chi connectivity index (χ0v) is 10.1. The second kappa shape index (κ2) is 5.13. The minimum absolute atomic E-state index is 0.387. The van der Waals surface area contributed by atoms with Gasteiger partial charge in [-0.25, -0.2) is 0 Å². The molecule has 0 spiro atoms. The first-order chi connectivity index (χ1) is 6.71. The summed E-state index contributed by atoms with van der Waals surface area (Å²) in [6.07, 6.45) is 4.18. The Hall–Kier alpha value is -0.0800. The molecule has 84 valence electrons. The SMILES string of the molecule is CCC(CC)C1(CNC)CCOC1C. The van der Waals surface area contributed by atoms with Crippen LogP contribution in [0.5, 0.6) is 0 Å². The summed E-state index contributed by atoms with van der Waals surface area (Å²) >= 11 is 0. The van der Waals surface area contributed by atoms with Crippen molar-refractivity contribution in [1.82, 2.24) is 5.32 Å². The molecule has 0 aromatic heterocycles. The van der Waals surface area contributed by atoms with Crippen molar-refractivity contribution in [3.63, 3.8) is 0 Å². The van der Waals surface area contributed by atoms with Gasteiger partial charge in [0.15, 0.2) is 0 Å². The summed E-state index contributed by atoms with van der Waals surface area (Å²) in [7, 11) is 2.05. The maximum absolute atomic E-state index is 5.77. The third-order valence-corrected chi connectivity index (χ3v) is 4.05. The Labute approximate surface area is 88.4 Å².